The van der Waals surface area contributed by atoms with E-state index in [2.05, 4.69) is 9.97 Å². The van der Waals surface area contributed by atoms with Crippen molar-refractivity contribution in [2.24, 2.45) is 0 Å². The molecular formula is C21H21F3N4O. The molecule has 1 aromatic heterocycles. The van der Waals surface area contributed by atoms with Crippen molar-refractivity contribution in [1.29, 1.82) is 0 Å². The predicted molar refractivity (Wildman–Crippen MR) is 104 cm³/mol. The van der Waals surface area contributed by atoms with Gasteiger partial charge in [0, 0.05) is 19.6 Å². The van der Waals surface area contributed by atoms with Crippen LogP contribution in [0, 0.1) is 0 Å². The van der Waals surface area contributed by atoms with E-state index in [4.69, 9.17) is 0 Å². The van der Waals surface area contributed by atoms with Gasteiger partial charge < -0.3 is 9.80 Å². The monoisotopic (exact) mass is 402 g/mol. The minimum atomic E-state index is -4.43. The molecule has 0 saturated carbocycles. The minimum absolute atomic E-state index is 0.0467. The van der Waals surface area contributed by atoms with Crippen LogP contribution in [-0.4, -0.2) is 52.9 Å². The average molecular weight is 402 g/mol. The van der Waals surface area contributed by atoms with E-state index >= 15 is 0 Å². The van der Waals surface area contributed by atoms with Crippen molar-refractivity contribution < 1.29 is 18.0 Å². The molecule has 0 spiro atoms. The Morgan fingerprint density at radius 2 is 1.72 bits per heavy atom. The van der Waals surface area contributed by atoms with Gasteiger partial charge in [0.25, 0.3) is 5.91 Å². The van der Waals surface area contributed by atoms with Gasteiger partial charge in [-0.1, -0.05) is 24.3 Å². The summed E-state index contributed by atoms with van der Waals surface area (Å²) in [4.78, 5) is 25.1. The molecule has 1 amide bonds. The van der Waals surface area contributed by atoms with Crippen LogP contribution in [0.15, 0.2) is 54.7 Å². The summed E-state index contributed by atoms with van der Waals surface area (Å²) in [5.41, 5.74) is 1.09. The summed E-state index contributed by atoms with van der Waals surface area (Å²) in [6, 6.07) is 12.2. The molecule has 0 aliphatic carbocycles. The Labute approximate surface area is 166 Å². The van der Waals surface area contributed by atoms with Crippen LogP contribution >= 0.6 is 0 Å². The van der Waals surface area contributed by atoms with Gasteiger partial charge in [-0.05, 0) is 43.9 Å². The molecule has 1 heterocycles. The number of alkyl halides is 3. The van der Waals surface area contributed by atoms with Gasteiger partial charge in [-0.15, -0.1) is 0 Å². The average Bonchev–Trinajstić information content (AvgIpc) is 2.69. The second kappa shape index (κ2) is 8.57. The lowest BCUT2D eigenvalue weighted by Crippen LogP contribution is -2.36. The van der Waals surface area contributed by atoms with E-state index in [1.165, 1.54) is 17.2 Å². The lowest BCUT2D eigenvalue weighted by molar-refractivity contribution is -0.137. The number of carbonyl (C=O) groups excluding carboxylic acids is 1. The van der Waals surface area contributed by atoms with Crippen LogP contribution in [0.5, 0.6) is 0 Å². The number of benzene rings is 2. The van der Waals surface area contributed by atoms with E-state index in [1.54, 1.807) is 24.3 Å². The van der Waals surface area contributed by atoms with Crippen LogP contribution in [0.25, 0.3) is 11.0 Å². The number of nitrogens with zero attached hydrogens (tertiary/aromatic N) is 4. The normalized spacial score (nSPS) is 11.8. The number of para-hydroxylation sites is 2. The van der Waals surface area contributed by atoms with Gasteiger partial charge in [-0.25, -0.2) is 4.98 Å². The van der Waals surface area contributed by atoms with Crippen molar-refractivity contribution in [3.8, 4) is 0 Å². The zero-order valence-electron chi connectivity index (χ0n) is 16.1. The topological polar surface area (TPSA) is 49.3 Å². The third-order valence-corrected chi connectivity index (χ3v) is 4.40. The van der Waals surface area contributed by atoms with Gasteiger partial charge in [0.1, 0.15) is 5.69 Å². The largest absolute Gasteiger partial charge is 0.416 e. The highest BCUT2D eigenvalue weighted by atomic mass is 19.4. The number of carbonyl (C=O) groups is 1. The maximum Gasteiger partial charge on any atom is 0.416 e. The summed E-state index contributed by atoms with van der Waals surface area (Å²) in [5, 5.41) is 0. The molecule has 152 valence electrons. The maximum absolute atomic E-state index is 13.1. The molecule has 0 saturated heterocycles. The fourth-order valence-electron chi connectivity index (χ4n) is 2.86. The third kappa shape index (κ3) is 5.29. The van der Waals surface area contributed by atoms with Gasteiger partial charge in [0.15, 0.2) is 0 Å². The third-order valence-electron chi connectivity index (χ3n) is 4.40. The summed E-state index contributed by atoms with van der Waals surface area (Å²) < 4.78 is 39.1. The zero-order valence-corrected chi connectivity index (χ0v) is 16.1. The molecule has 0 aliphatic rings. The van der Waals surface area contributed by atoms with Gasteiger partial charge in [-0.2, -0.15) is 13.2 Å². The molecule has 0 unspecified atom stereocenters. The van der Waals surface area contributed by atoms with E-state index in [0.29, 0.717) is 29.7 Å². The Hall–Kier alpha value is -3.00. The molecular weight excluding hydrogens is 381 g/mol. The van der Waals surface area contributed by atoms with Gasteiger partial charge >= 0.3 is 6.18 Å². The first-order valence-corrected chi connectivity index (χ1v) is 9.06. The van der Waals surface area contributed by atoms with Crippen molar-refractivity contribution in [1.82, 2.24) is 19.8 Å². The fourth-order valence-corrected chi connectivity index (χ4v) is 2.86. The van der Waals surface area contributed by atoms with Crippen LogP contribution < -0.4 is 0 Å². The molecule has 0 atom stereocenters. The Bertz CT molecular complexity index is 1000. The van der Waals surface area contributed by atoms with Gasteiger partial charge in [-0.3, -0.25) is 9.78 Å². The number of rotatable bonds is 6. The number of aromatic nitrogens is 2. The Morgan fingerprint density at radius 3 is 2.41 bits per heavy atom. The van der Waals surface area contributed by atoms with Crippen LogP contribution in [0.2, 0.25) is 0 Å². The molecule has 0 aliphatic heterocycles. The highest BCUT2D eigenvalue weighted by Gasteiger charge is 2.30. The van der Waals surface area contributed by atoms with E-state index in [1.807, 2.05) is 25.1 Å². The Morgan fingerprint density at radius 1 is 1.00 bits per heavy atom. The summed E-state index contributed by atoms with van der Waals surface area (Å²) in [6.07, 6.45) is -3.03. The zero-order chi connectivity index (χ0) is 21.0. The number of fused-ring (bicyclic) bond motifs is 1. The van der Waals surface area contributed by atoms with Crippen molar-refractivity contribution in [2.45, 2.75) is 12.7 Å². The molecule has 2 aromatic carbocycles. The summed E-state index contributed by atoms with van der Waals surface area (Å²) in [7, 11) is 3.73. The van der Waals surface area contributed by atoms with Crippen LogP contribution in [0.3, 0.4) is 0 Å². The number of amides is 1. The van der Waals surface area contributed by atoms with Crippen molar-refractivity contribution in [3.05, 3.63) is 71.5 Å². The standard InChI is InChI=1S/C21H21F3N4O/c1-27(2)10-11-28(14-15-6-5-7-16(12-15)21(22,23)24)20(29)19-13-25-17-8-3-4-9-18(17)26-19/h3-9,12-13H,10-11,14H2,1-2H3. The minimum Gasteiger partial charge on any atom is -0.332 e. The molecule has 0 N–H and O–H groups in total. The molecule has 29 heavy (non-hydrogen) atoms. The van der Waals surface area contributed by atoms with Crippen molar-refractivity contribution in [2.75, 3.05) is 27.2 Å². The van der Waals surface area contributed by atoms with Crippen LogP contribution in [0.1, 0.15) is 21.6 Å². The lowest BCUT2D eigenvalue weighted by atomic mass is 10.1. The molecule has 0 bridgehead atoms. The predicted octanol–water partition coefficient (Wildman–Crippen LogP) is 3.85. The fraction of sp³-hybridized carbons (Fsp3) is 0.286. The van der Waals surface area contributed by atoms with E-state index in [0.717, 1.165) is 12.1 Å². The summed E-state index contributed by atoms with van der Waals surface area (Å²) in [6.45, 7) is 0.952. The first-order chi connectivity index (χ1) is 13.7. The van der Waals surface area contributed by atoms with Crippen molar-refractivity contribution >= 4 is 16.9 Å². The number of likely N-dealkylation sites (N-methyl/N-ethyl adjacent to an activating group) is 1. The first-order valence-electron chi connectivity index (χ1n) is 9.06. The molecule has 0 radical (unpaired) electrons. The Balaban J connectivity index is 1.88. The SMILES string of the molecule is CN(C)CCN(Cc1cccc(C(F)(F)F)c1)C(=O)c1cnc2ccccc2n1. The molecule has 0 fully saturated rings. The number of hydrogen-bond donors (Lipinski definition) is 0. The molecule has 5 nitrogen and oxygen atoms in total. The lowest BCUT2D eigenvalue weighted by Gasteiger charge is -2.24. The van der Waals surface area contributed by atoms with Crippen molar-refractivity contribution in [3.63, 3.8) is 0 Å². The van der Waals surface area contributed by atoms with Gasteiger partial charge in [0.05, 0.1) is 22.8 Å². The molecule has 3 aromatic rings. The second-order valence-corrected chi connectivity index (χ2v) is 6.97. The van der Waals surface area contributed by atoms with E-state index in [-0.39, 0.29) is 18.1 Å². The summed E-state index contributed by atoms with van der Waals surface area (Å²) in [5.74, 6) is -0.373. The Kier molecular flexibility index (Phi) is 6.12. The quantitative estimate of drug-likeness (QED) is 0.628. The molecule has 3 rings (SSSR count). The number of halogens is 3. The molecule has 8 heteroatoms. The van der Waals surface area contributed by atoms with E-state index < -0.39 is 11.7 Å². The van der Waals surface area contributed by atoms with Crippen LogP contribution in [0.4, 0.5) is 13.2 Å². The highest BCUT2D eigenvalue weighted by Crippen LogP contribution is 2.29. The second-order valence-electron chi connectivity index (χ2n) is 6.97. The van der Waals surface area contributed by atoms with Crippen LogP contribution in [-0.2, 0) is 12.7 Å². The first kappa shape index (κ1) is 20.7. The number of hydrogen-bond acceptors (Lipinski definition) is 4. The van der Waals surface area contributed by atoms with Gasteiger partial charge in [0.2, 0.25) is 0 Å². The highest BCUT2D eigenvalue weighted by molar-refractivity contribution is 5.93. The van der Waals surface area contributed by atoms with E-state index in [9.17, 15) is 18.0 Å². The maximum atomic E-state index is 13.1. The smallest absolute Gasteiger partial charge is 0.332 e. The summed E-state index contributed by atoms with van der Waals surface area (Å²) >= 11 is 0.